The first-order valence-corrected chi connectivity index (χ1v) is 8.10. The Balaban J connectivity index is 1.93. The Morgan fingerprint density at radius 3 is 2.69 bits per heavy atom. The first-order valence-electron chi connectivity index (χ1n) is 7.72. The number of carbonyl (C=O) groups excluding carboxylic acids is 1. The van der Waals surface area contributed by atoms with Gasteiger partial charge in [-0.1, -0.05) is 17.7 Å². The van der Waals surface area contributed by atoms with Crippen LogP contribution in [0.5, 0.6) is 11.5 Å². The Morgan fingerprint density at radius 2 is 2.00 bits per heavy atom. The van der Waals surface area contributed by atoms with Crippen LogP contribution in [0.15, 0.2) is 54.7 Å². The molecule has 128 valence electrons. The van der Waals surface area contributed by atoms with Crippen LogP contribution in [0.2, 0.25) is 5.02 Å². The van der Waals surface area contributed by atoms with Crippen molar-refractivity contribution in [3.63, 3.8) is 0 Å². The van der Waals surface area contributed by atoms with E-state index in [1.54, 1.807) is 48.7 Å². The number of aryl methyl sites for hydroxylation is 1. The molecule has 0 aliphatic rings. The van der Waals surface area contributed by atoms with Gasteiger partial charge in [0.1, 0.15) is 17.6 Å². The van der Waals surface area contributed by atoms with Gasteiger partial charge in [0.15, 0.2) is 0 Å². The summed E-state index contributed by atoms with van der Waals surface area (Å²) in [4.78, 5) is 15.7. The van der Waals surface area contributed by atoms with Crippen LogP contribution in [0.25, 0.3) is 11.3 Å². The van der Waals surface area contributed by atoms with Crippen LogP contribution in [-0.4, -0.2) is 10.9 Å². The first-order chi connectivity index (χ1) is 12.5. The summed E-state index contributed by atoms with van der Waals surface area (Å²) >= 11 is 5.90. The zero-order valence-corrected chi connectivity index (χ0v) is 14.6. The molecule has 1 amide bonds. The van der Waals surface area contributed by atoms with E-state index in [1.807, 2.05) is 13.0 Å². The van der Waals surface area contributed by atoms with Gasteiger partial charge in [-0.3, -0.25) is 9.78 Å². The standard InChI is InChI=1S/C20H14ClN3O2/c1-12-8-13(2-4-17(12)20(23)25)18-10-16(6-7-24-18)26-19-5-3-15(21)9-14(19)11-22/h2-10H,1H3,(H2,23,25). The lowest BCUT2D eigenvalue weighted by Gasteiger charge is -2.10. The van der Waals surface area contributed by atoms with Gasteiger partial charge in [0, 0.05) is 28.4 Å². The summed E-state index contributed by atoms with van der Waals surface area (Å²) in [6, 6.07) is 15.7. The smallest absolute Gasteiger partial charge is 0.248 e. The molecule has 0 fully saturated rings. The highest BCUT2D eigenvalue weighted by atomic mass is 35.5. The second kappa shape index (κ2) is 7.26. The van der Waals surface area contributed by atoms with E-state index in [9.17, 15) is 10.1 Å². The molecule has 0 unspecified atom stereocenters. The van der Waals surface area contributed by atoms with Crippen LogP contribution < -0.4 is 10.5 Å². The Hall–Kier alpha value is -3.36. The van der Waals surface area contributed by atoms with E-state index in [-0.39, 0.29) is 0 Å². The quantitative estimate of drug-likeness (QED) is 0.740. The number of nitrogens with two attached hydrogens (primary N) is 1. The van der Waals surface area contributed by atoms with Crippen LogP contribution in [0.4, 0.5) is 0 Å². The van der Waals surface area contributed by atoms with Crippen molar-refractivity contribution in [2.45, 2.75) is 6.92 Å². The molecule has 0 bridgehead atoms. The molecule has 0 aliphatic carbocycles. The molecule has 3 aromatic rings. The SMILES string of the molecule is Cc1cc(-c2cc(Oc3ccc(Cl)cc3C#N)ccn2)ccc1C(N)=O. The van der Waals surface area contributed by atoms with Crippen molar-refractivity contribution in [3.05, 3.63) is 76.4 Å². The summed E-state index contributed by atoms with van der Waals surface area (Å²) in [6.45, 7) is 1.82. The summed E-state index contributed by atoms with van der Waals surface area (Å²) in [6.07, 6.45) is 1.62. The van der Waals surface area contributed by atoms with Gasteiger partial charge in [-0.25, -0.2) is 0 Å². The van der Waals surface area contributed by atoms with Crippen molar-refractivity contribution in [2.24, 2.45) is 5.73 Å². The molecule has 6 heteroatoms. The lowest BCUT2D eigenvalue weighted by molar-refractivity contribution is 0.0999. The number of primary amides is 1. The molecule has 0 saturated carbocycles. The van der Waals surface area contributed by atoms with Crippen LogP contribution in [0, 0.1) is 18.3 Å². The minimum atomic E-state index is -0.467. The number of amides is 1. The number of benzene rings is 2. The van der Waals surface area contributed by atoms with Crippen LogP contribution >= 0.6 is 11.6 Å². The number of pyridine rings is 1. The van der Waals surface area contributed by atoms with Crippen molar-refractivity contribution in [1.29, 1.82) is 5.26 Å². The van der Waals surface area contributed by atoms with E-state index in [2.05, 4.69) is 11.1 Å². The maximum absolute atomic E-state index is 11.4. The van der Waals surface area contributed by atoms with Crippen molar-refractivity contribution in [2.75, 3.05) is 0 Å². The number of hydrogen-bond acceptors (Lipinski definition) is 4. The second-order valence-corrected chi connectivity index (χ2v) is 6.06. The summed E-state index contributed by atoms with van der Waals surface area (Å²) in [7, 11) is 0. The summed E-state index contributed by atoms with van der Waals surface area (Å²) < 4.78 is 5.81. The molecule has 0 aliphatic heterocycles. The molecule has 2 aromatic carbocycles. The Morgan fingerprint density at radius 1 is 1.19 bits per heavy atom. The molecular weight excluding hydrogens is 350 g/mol. The topological polar surface area (TPSA) is 89.0 Å². The predicted octanol–water partition coefficient (Wildman–Crippen LogP) is 4.47. The number of hydrogen-bond donors (Lipinski definition) is 1. The highest BCUT2D eigenvalue weighted by Gasteiger charge is 2.10. The van der Waals surface area contributed by atoms with E-state index >= 15 is 0 Å². The maximum atomic E-state index is 11.4. The number of carbonyl (C=O) groups is 1. The van der Waals surface area contributed by atoms with Gasteiger partial charge in [0.2, 0.25) is 5.91 Å². The summed E-state index contributed by atoms with van der Waals surface area (Å²) in [5, 5.41) is 9.68. The Labute approximate surface area is 155 Å². The molecule has 0 saturated heterocycles. The number of halogens is 1. The number of nitrogens with zero attached hydrogens (tertiary/aromatic N) is 2. The fraction of sp³-hybridized carbons (Fsp3) is 0.0500. The Kier molecular flexibility index (Phi) is 4.87. The van der Waals surface area contributed by atoms with Crippen molar-refractivity contribution >= 4 is 17.5 Å². The van der Waals surface area contributed by atoms with Crippen molar-refractivity contribution in [3.8, 4) is 28.8 Å². The number of rotatable bonds is 4. The third-order valence-electron chi connectivity index (χ3n) is 3.81. The minimum absolute atomic E-state index is 0.345. The largest absolute Gasteiger partial charge is 0.456 e. The fourth-order valence-electron chi connectivity index (χ4n) is 2.54. The molecule has 1 aromatic heterocycles. The Bertz CT molecular complexity index is 1040. The van der Waals surface area contributed by atoms with Gasteiger partial charge in [-0.05, 0) is 48.9 Å². The third kappa shape index (κ3) is 3.66. The predicted molar refractivity (Wildman–Crippen MR) is 99.2 cm³/mol. The fourth-order valence-corrected chi connectivity index (χ4v) is 2.71. The van der Waals surface area contributed by atoms with Crippen LogP contribution in [0.3, 0.4) is 0 Å². The zero-order valence-electron chi connectivity index (χ0n) is 13.9. The lowest BCUT2D eigenvalue weighted by atomic mass is 10.0. The average molecular weight is 364 g/mol. The van der Waals surface area contributed by atoms with Crippen LogP contribution in [-0.2, 0) is 0 Å². The van der Waals surface area contributed by atoms with Gasteiger partial charge in [-0.2, -0.15) is 5.26 Å². The average Bonchev–Trinajstić information content (AvgIpc) is 2.63. The molecular formula is C20H14ClN3O2. The summed E-state index contributed by atoms with van der Waals surface area (Å²) in [5.41, 5.74) is 8.43. The van der Waals surface area contributed by atoms with Crippen molar-refractivity contribution in [1.82, 2.24) is 4.98 Å². The highest BCUT2D eigenvalue weighted by molar-refractivity contribution is 6.30. The minimum Gasteiger partial charge on any atom is -0.456 e. The third-order valence-corrected chi connectivity index (χ3v) is 4.04. The molecule has 5 nitrogen and oxygen atoms in total. The number of aromatic nitrogens is 1. The van der Waals surface area contributed by atoms with E-state index in [1.165, 1.54) is 0 Å². The molecule has 2 N–H and O–H groups in total. The van der Waals surface area contributed by atoms with E-state index in [4.69, 9.17) is 22.1 Å². The molecule has 1 heterocycles. The highest BCUT2D eigenvalue weighted by Crippen LogP contribution is 2.30. The molecule has 3 rings (SSSR count). The van der Waals surface area contributed by atoms with E-state index < -0.39 is 5.91 Å². The van der Waals surface area contributed by atoms with Crippen molar-refractivity contribution < 1.29 is 9.53 Å². The first kappa shape index (κ1) is 17.5. The van der Waals surface area contributed by atoms with Gasteiger partial charge in [-0.15, -0.1) is 0 Å². The van der Waals surface area contributed by atoms with Crippen LogP contribution in [0.1, 0.15) is 21.5 Å². The van der Waals surface area contributed by atoms with Gasteiger partial charge in [0.25, 0.3) is 0 Å². The van der Waals surface area contributed by atoms with E-state index in [0.29, 0.717) is 33.3 Å². The molecule has 0 spiro atoms. The van der Waals surface area contributed by atoms with Gasteiger partial charge < -0.3 is 10.5 Å². The molecule has 26 heavy (non-hydrogen) atoms. The zero-order chi connectivity index (χ0) is 18.7. The number of nitriles is 1. The number of ether oxygens (including phenoxy) is 1. The molecule has 0 atom stereocenters. The van der Waals surface area contributed by atoms with Gasteiger partial charge in [0.05, 0.1) is 11.3 Å². The van der Waals surface area contributed by atoms with Gasteiger partial charge >= 0.3 is 0 Å². The lowest BCUT2D eigenvalue weighted by Crippen LogP contribution is -2.12. The summed E-state index contributed by atoms with van der Waals surface area (Å²) in [5.74, 6) is 0.477. The van der Waals surface area contributed by atoms with E-state index in [0.717, 1.165) is 11.1 Å². The monoisotopic (exact) mass is 363 g/mol. The normalized spacial score (nSPS) is 10.2. The maximum Gasteiger partial charge on any atom is 0.248 e. The molecule has 0 radical (unpaired) electrons. The second-order valence-electron chi connectivity index (χ2n) is 5.63.